The van der Waals surface area contributed by atoms with Crippen LogP contribution in [0, 0.1) is 18.3 Å². The number of piperazine rings is 1. The highest BCUT2D eigenvalue weighted by atomic mass is 16.5. The Morgan fingerprint density at radius 2 is 1.93 bits per heavy atom. The van der Waals surface area contributed by atoms with Gasteiger partial charge >= 0.3 is 0 Å². The molecule has 2 aliphatic rings. The number of carbonyl (C=O) groups excluding carboxylic acids is 2. The summed E-state index contributed by atoms with van der Waals surface area (Å²) in [4.78, 5) is 28.9. The van der Waals surface area contributed by atoms with Gasteiger partial charge in [-0.05, 0) is 26.7 Å². The topological polar surface area (TPSA) is 102 Å². The van der Waals surface area contributed by atoms with Crippen molar-refractivity contribution < 1.29 is 14.1 Å². The number of hydrogen-bond acceptors (Lipinski definition) is 6. The third-order valence-corrected chi connectivity index (χ3v) is 5.65. The van der Waals surface area contributed by atoms with E-state index in [4.69, 9.17) is 4.52 Å². The molecule has 0 spiro atoms. The fourth-order valence-electron chi connectivity index (χ4n) is 3.86. The lowest BCUT2D eigenvalue weighted by molar-refractivity contribution is -0.128. The molecule has 0 radical (unpaired) electrons. The summed E-state index contributed by atoms with van der Waals surface area (Å²) in [5.74, 6) is -0.0259. The van der Waals surface area contributed by atoms with E-state index < -0.39 is 5.54 Å². The second-order valence-electron chi connectivity index (χ2n) is 7.58. The molecule has 3 rings (SSSR count). The first-order valence-corrected chi connectivity index (χ1v) is 9.64. The van der Waals surface area contributed by atoms with E-state index in [2.05, 4.69) is 21.4 Å². The van der Waals surface area contributed by atoms with Crippen molar-refractivity contribution in [2.24, 2.45) is 0 Å². The average Bonchev–Trinajstić information content (AvgIpc) is 3.14. The van der Waals surface area contributed by atoms with Crippen molar-refractivity contribution in [3.8, 4) is 6.07 Å². The molecular formula is C19H27N5O3. The van der Waals surface area contributed by atoms with Crippen molar-refractivity contribution >= 4 is 11.8 Å². The molecule has 1 aliphatic heterocycles. The van der Waals surface area contributed by atoms with Crippen LogP contribution in [0.2, 0.25) is 0 Å². The molecule has 1 atom stereocenters. The zero-order valence-corrected chi connectivity index (χ0v) is 16.0. The van der Waals surface area contributed by atoms with E-state index in [1.807, 2.05) is 6.92 Å². The van der Waals surface area contributed by atoms with Gasteiger partial charge < -0.3 is 14.7 Å². The molecule has 1 aromatic rings. The summed E-state index contributed by atoms with van der Waals surface area (Å²) in [6.07, 6.45) is 4.52. The van der Waals surface area contributed by atoms with Gasteiger partial charge in [0.05, 0.1) is 17.8 Å². The molecule has 0 aromatic carbocycles. The van der Waals surface area contributed by atoms with Crippen LogP contribution in [0.3, 0.4) is 0 Å². The minimum atomic E-state index is -0.717. The number of aryl methyl sites for hydroxylation is 1. The Balaban J connectivity index is 1.53. The Bertz CT molecular complexity index is 724. The maximum Gasteiger partial charge on any atom is 0.292 e. The lowest BCUT2D eigenvalue weighted by Gasteiger charge is -2.39. The fourth-order valence-corrected chi connectivity index (χ4v) is 3.86. The Labute approximate surface area is 159 Å². The van der Waals surface area contributed by atoms with Crippen molar-refractivity contribution in [3.05, 3.63) is 17.5 Å². The first-order chi connectivity index (χ1) is 12.9. The lowest BCUT2D eigenvalue weighted by Crippen LogP contribution is -2.58. The van der Waals surface area contributed by atoms with E-state index in [0.717, 1.165) is 32.1 Å². The molecule has 1 aliphatic carbocycles. The van der Waals surface area contributed by atoms with E-state index in [1.165, 1.54) is 0 Å². The number of rotatable bonds is 4. The number of nitrogens with zero attached hydrogens (tertiary/aromatic N) is 4. The molecule has 1 unspecified atom stereocenters. The van der Waals surface area contributed by atoms with Gasteiger partial charge in [0.25, 0.3) is 5.91 Å². The molecular weight excluding hydrogens is 346 g/mol. The average molecular weight is 373 g/mol. The van der Waals surface area contributed by atoms with Gasteiger partial charge in [-0.2, -0.15) is 5.26 Å². The van der Waals surface area contributed by atoms with Crippen LogP contribution in [-0.2, 0) is 4.79 Å². The second-order valence-corrected chi connectivity index (χ2v) is 7.58. The summed E-state index contributed by atoms with van der Waals surface area (Å²) < 4.78 is 5.05. The minimum absolute atomic E-state index is 0.107. The normalized spacial score (nSPS) is 21.3. The largest absolute Gasteiger partial charge is 0.351 e. The zero-order chi connectivity index (χ0) is 19.4. The molecule has 27 heavy (non-hydrogen) atoms. The van der Waals surface area contributed by atoms with Crippen molar-refractivity contribution in [3.63, 3.8) is 0 Å². The summed E-state index contributed by atoms with van der Waals surface area (Å²) in [7, 11) is 0. The van der Waals surface area contributed by atoms with Gasteiger partial charge in [0.1, 0.15) is 5.54 Å². The smallest absolute Gasteiger partial charge is 0.292 e. The van der Waals surface area contributed by atoms with E-state index >= 15 is 0 Å². The lowest BCUT2D eigenvalue weighted by atomic mass is 9.82. The van der Waals surface area contributed by atoms with Gasteiger partial charge in [-0.3, -0.25) is 14.5 Å². The van der Waals surface area contributed by atoms with Crippen LogP contribution in [-0.4, -0.2) is 64.5 Å². The molecule has 8 nitrogen and oxygen atoms in total. The Morgan fingerprint density at radius 1 is 1.26 bits per heavy atom. The monoisotopic (exact) mass is 373 g/mol. The Kier molecular flexibility index (Phi) is 5.80. The van der Waals surface area contributed by atoms with Gasteiger partial charge in [-0.15, -0.1) is 0 Å². The van der Waals surface area contributed by atoms with E-state index in [0.29, 0.717) is 31.9 Å². The van der Waals surface area contributed by atoms with Crippen LogP contribution in [0.5, 0.6) is 0 Å². The Hall–Kier alpha value is -2.40. The number of nitrogens with one attached hydrogen (secondary N) is 1. The van der Waals surface area contributed by atoms with Gasteiger partial charge in [-0.1, -0.05) is 24.4 Å². The molecule has 2 heterocycles. The third-order valence-electron chi connectivity index (χ3n) is 5.65. The molecule has 1 saturated carbocycles. The maximum absolute atomic E-state index is 12.7. The third kappa shape index (κ3) is 4.30. The van der Waals surface area contributed by atoms with Crippen LogP contribution in [0.15, 0.2) is 10.6 Å². The first kappa shape index (κ1) is 19.4. The molecule has 1 aromatic heterocycles. The molecule has 146 valence electrons. The summed E-state index contributed by atoms with van der Waals surface area (Å²) in [6, 6.07) is 3.63. The second kappa shape index (κ2) is 8.09. The highest BCUT2D eigenvalue weighted by Gasteiger charge is 2.36. The maximum atomic E-state index is 12.7. The quantitative estimate of drug-likeness (QED) is 0.857. The van der Waals surface area contributed by atoms with E-state index in [-0.39, 0.29) is 23.6 Å². The molecule has 2 amide bonds. The number of amides is 2. The number of aromatic nitrogens is 1. The zero-order valence-electron chi connectivity index (χ0n) is 16.0. The predicted molar refractivity (Wildman–Crippen MR) is 97.8 cm³/mol. The van der Waals surface area contributed by atoms with Crippen molar-refractivity contribution in [1.29, 1.82) is 5.26 Å². The number of carbonyl (C=O) groups is 2. The molecule has 1 saturated heterocycles. The van der Waals surface area contributed by atoms with Gasteiger partial charge in [0.2, 0.25) is 11.7 Å². The summed E-state index contributed by atoms with van der Waals surface area (Å²) in [5, 5.41) is 16.3. The van der Waals surface area contributed by atoms with Crippen LogP contribution >= 0.6 is 0 Å². The summed E-state index contributed by atoms with van der Waals surface area (Å²) in [6.45, 7) is 5.90. The fraction of sp³-hybridized carbons (Fsp3) is 0.684. The Morgan fingerprint density at radius 3 is 2.48 bits per heavy atom. The van der Waals surface area contributed by atoms with Crippen molar-refractivity contribution in [1.82, 2.24) is 20.3 Å². The van der Waals surface area contributed by atoms with Crippen LogP contribution in [0.1, 0.15) is 55.3 Å². The molecule has 1 N–H and O–H groups in total. The first-order valence-electron chi connectivity index (χ1n) is 9.64. The molecule has 2 fully saturated rings. The van der Waals surface area contributed by atoms with E-state index in [9.17, 15) is 14.9 Å². The van der Waals surface area contributed by atoms with Crippen molar-refractivity contribution in [2.45, 2.75) is 57.5 Å². The number of nitriles is 1. The predicted octanol–water partition coefficient (Wildman–Crippen LogP) is 1.47. The summed E-state index contributed by atoms with van der Waals surface area (Å²) in [5.41, 5.74) is -0.0395. The standard InChI is InChI=1S/C19H27N5O3/c1-14-12-16(27-22-14)18(26)24-10-8-23(9-11-24)15(2)17(25)21-19(13-20)6-4-3-5-7-19/h12,15H,3-11H2,1-2H3,(H,21,25). The van der Waals surface area contributed by atoms with Gasteiger partial charge in [-0.25, -0.2) is 0 Å². The molecule has 0 bridgehead atoms. The molecule has 8 heteroatoms. The SMILES string of the molecule is Cc1cc(C(=O)N2CCN(C(C)C(=O)NC3(C#N)CCCCC3)CC2)on1. The van der Waals surface area contributed by atoms with Crippen LogP contribution < -0.4 is 5.32 Å². The highest BCUT2D eigenvalue weighted by Crippen LogP contribution is 2.27. The minimum Gasteiger partial charge on any atom is -0.351 e. The van der Waals surface area contributed by atoms with Crippen LogP contribution in [0.25, 0.3) is 0 Å². The van der Waals surface area contributed by atoms with Crippen molar-refractivity contribution in [2.75, 3.05) is 26.2 Å². The number of hydrogen-bond donors (Lipinski definition) is 1. The van der Waals surface area contributed by atoms with Crippen LogP contribution in [0.4, 0.5) is 0 Å². The van der Waals surface area contributed by atoms with Gasteiger partial charge in [0, 0.05) is 32.2 Å². The van der Waals surface area contributed by atoms with Gasteiger partial charge in [0.15, 0.2) is 0 Å². The van der Waals surface area contributed by atoms with E-state index in [1.54, 1.807) is 17.9 Å². The summed E-state index contributed by atoms with van der Waals surface area (Å²) >= 11 is 0. The highest BCUT2D eigenvalue weighted by molar-refractivity contribution is 5.91.